The third-order valence-electron chi connectivity index (χ3n) is 0.445. The fourth-order valence-corrected chi connectivity index (χ4v) is 0.660. The highest BCUT2D eigenvalue weighted by Crippen LogP contribution is 2.01. The van der Waals surface area contributed by atoms with Crippen LogP contribution in [-0.4, -0.2) is 21.2 Å². The third kappa shape index (κ3) is 7.81. The van der Waals surface area contributed by atoms with Gasteiger partial charge in [0.15, 0.2) is 0 Å². The van der Waals surface area contributed by atoms with E-state index in [0.29, 0.717) is 6.29 Å². The van der Waals surface area contributed by atoms with E-state index in [0.717, 1.165) is 0 Å². The predicted molar refractivity (Wildman–Crippen MR) is 36.4 cm³/mol. The lowest BCUT2D eigenvalue weighted by molar-refractivity contribution is -0.211. The number of carbonyl (C=O) groups excluding carboxylic acids is 1. The summed E-state index contributed by atoms with van der Waals surface area (Å²) >= 11 is 0. The average molecular weight is 148 g/mol. The molecule has 54 valence electrons. The van der Waals surface area contributed by atoms with Crippen LogP contribution < -0.4 is 0 Å². The summed E-state index contributed by atoms with van der Waals surface area (Å²) in [6, 6.07) is 0. The predicted octanol–water partition coefficient (Wildman–Crippen LogP) is 0.968. The van der Waals surface area contributed by atoms with Gasteiger partial charge in [-0.25, -0.2) is 4.89 Å². The Morgan fingerprint density at radius 1 is 1.44 bits per heavy atom. The van der Waals surface area contributed by atoms with Crippen LogP contribution in [0.2, 0.25) is 19.6 Å². The van der Waals surface area contributed by atoms with Crippen LogP contribution in [0.1, 0.15) is 0 Å². The molecule has 0 fully saturated rings. The molecule has 0 aromatic carbocycles. The van der Waals surface area contributed by atoms with Gasteiger partial charge < -0.3 is 4.79 Å². The van der Waals surface area contributed by atoms with Gasteiger partial charge in [-0.1, -0.05) is 0 Å². The van der Waals surface area contributed by atoms with Crippen molar-refractivity contribution in [2.45, 2.75) is 19.6 Å². The van der Waals surface area contributed by atoms with Gasteiger partial charge in [-0.05, 0) is 19.6 Å². The van der Waals surface area contributed by atoms with Gasteiger partial charge >= 0.3 is 0 Å². The maximum Gasteiger partial charge on any atom is 0.230 e. The van der Waals surface area contributed by atoms with Crippen LogP contribution in [0.5, 0.6) is 0 Å². The smallest absolute Gasteiger partial charge is 0.230 e. The fourth-order valence-electron chi connectivity index (χ4n) is 0.239. The van der Waals surface area contributed by atoms with Crippen LogP contribution in [0.25, 0.3) is 0 Å². The standard InChI is InChI=1S/C5H12O3Si/c1-9(2,3)8-7-5-4-6/h4H,5H2,1-3H3. The second-order valence-corrected chi connectivity index (χ2v) is 7.04. The van der Waals surface area contributed by atoms with Gasteiger partial charge in [0.1, 0.15) is 12.9 Å². The minimum absolute atomic E-state index is 0.0320. The number of carbonyl (C=O) groups is 1. The van der Waals surface area contributed by atoms with Gasteiger partial charge in [0.2, 0.25) is 8.32 Å². The molecule has 0 rings (SSSR count). The first-order chi connectivity index (χ1) is 4.06. The second kappa shape index (κ2) is 3.76. The Bertz CT molecular complexity index is 86.7. The third-order valence-corrected chi connectivity index (χ3v) is 1.06. The Balaban J connectivity index is 3.17. The first-order valence-electron chi connectivity index (χ1n) is 2.80. The summed E-state index contributed by atoms with van der Waals surface area (Å²) in [5.74, 6) is 0. The summed E-state index contributed by atoms with van der Waals surface area (Å²) in [6.45, 7) is 5.98. The number of rotatable bonds is 4. The SMILES string of the molecule is C[Si](C)(C)OOCC=O. The minimum Gasteiger partial charge on any atom is -0.301 e. The van der Waals surface area contributed by atoms with Crippen LogP contribution in [0, 0.1) is 0 Å². The highest BCUT2D eigenvalue weighted by atomic mass is 28.4. The highest BCUT2D eigenvalue weighted by molar-refractivity contribution is 6.69. The van der Waals surface area contributed by atoms with Crippen molar-refractivity contribution in [3.05, 3.63) is 0 Å². The van der Waals surface area contributed by atoms with Crippen LogP contribution >= 0.6 is 0 Å². The molecule has 0 N–H and O–H groups in total. The molecule has 0 aromatic heterocycles. The molecule has 0 atom stereocenters. The van der Waals surface area contributed by atoms with Gasteiger partial charge in [-0.3, -0.25) is 4.58 Å². The monoisotopic (exact) mass is 148 g/mol. The molecule has 0 spiro atoms. The summed E-state index contributed by atoms with van der Waals surface area (Å²) in [6.07, 6.45) is 0.667. The molecule has 0 aromatic rings. The van der Waals surface area contributed by atoms with Crippen LogP contribution in [-0.2, 0) is 14.3 Å². The molecule has 4 heteroatoms. The van der Waals surface area contributed by atoms with E-state index in [1.54, 1.807) is 0 Å². The summed E-state index contributed by atoms with van der Waals surface area (Å²) in [5.41, 5.74) is 0. The maximum atomic E-state index is 9.70. The zero-order chi connectivity index (χ0) is 7.33. The van der Waals surface area contributed by atoms with E-state index < -0.39 is 8.32 Å². The van der Waals surface area contributed by atoms with Gasteiger partial charge in [0.25, 0.3) is 0 Å². The van der Waals surface area contributed by atoms with Crippen molar-refractivity contribution in [3.63, 3.8) is 0 Å². The molecular formula is C5H12O3Si. The summed E-state index contributed by atoms with van der Waals surface area (Å²) in [4.78, 5) is 14.2. The molecule has 0 aliphatic heterocycles. The lowest BCUT2D eigenvalue weighted by Crippen LogP contribution is -2.25. The molecule has 0 radical (unpaired) electrons. The average Bonchev–Trinajstić information content (AvgIpc) is 1.63. The fraction of sp³-hybridized carbons (Fsp3) is 0.800. The molecular weight excluding hydrogens is 136 g/mol. The van der Waals surface area contributed by atoms with Gasteiger partial charge in [-0.2, -0.15) is 0 Å². The summed E-state index contributed by atoms with van der Waals surface area (Å²) in [5, 5.41) is 0. The van der Waals surface area contributed by atoms with E-state index in [1.165, 1.54) is 0 Å². The first-order valence-corrected chi connectivity index (χ1v) is 6.21. The minimum atomic E-state index is -1.58. The topological polar surface area (TPSA) is 35.5 Å². The van der Waals surface area contributed by atoms with E-state index in [2.05, 4.69) is 4.89 Å². The molecule has 0 saturated carbocycles. The zero-order valence-electron chi connectivity index (χ0n) is 6.01. The van der Waals surface area contributed by atoms with E-state index in [4.69, 9.17) is 4.58 Å². The first kappa shape index (κ1) is 8.81. The molecule has 3 nitrogen and oxygen atoms in total. The number of hydrogen-bond acceptors (Lipinski definition) is 3. The van der Waals surface area contributed by atoms with E-state index in [1.807, 2.05) is 19.6 Å². The molecule has 9 heavy (non-hydrogen) atoms. The van der Waals surface area contributed by atoms with E-state index >= 15 is 0 Å². The lowest BCUT2D eigenvalue weighted by atomic mass is 10.9. The van der Waals surface area contributed by atoms with Crippen LogP contribution in [0.3, 0.4) is 0 Å². The van der Waals surface area contributed by atoms with Crippen molar-refractivity contribution < 1.29 is 14.3 Å². The van der Waals surface area contributed by atoms with Crippen molar-refractivity contribution in [2.75, 3.05) is 6.61 Å². The van der Waals surface area contributed by atoms with Crippen molar-refractivity contribution in [3.8, 4) is 0 Å². The Morgan fingerprint density at radius 2 is 2.00 bits per heavy atom. The van der Waals surface area contributed by atoms with Gasteiger partial charge in [-0.15, -0.1) is 0 Å². The van der Waals surface area contributed by atoms with Crippen molar-refractivity contribution in [1.29, 1.82) is 0 Å². The summed E-state index contributed by atoms with van der Waals surface area (Å²) in [7, 11) is -1.58. The molecule has 0 amide bonds. The normalized spacial score (nSPS) is 11.4. The number of hydrogen-bond donors (Lipinski definition) is 0. The quantitative estimate of drug-likeness (QED) is 0.196. The molecule has 0 bridgehead atoms. The number of aldehydes is 1. The van der Waals surface area contributed by atoms with Crippen LogP contribution in [0.4, 0.5) is 0 Å². The zero-order valence-corrected chi connectivity index (χ0v) is 7.01. The Labute approximate surface area is 56.0 Å². The Morgan fingerprint density at radius 3 is 2.33 bits per heavy atom. The Kier molecular flexibility index (Phi) is 3.68. The summed E-state index contributed by atoms with van der Waals surface area (Å²) < 4.78 is 4.88. The second-order valence-electron chi connectivity index (χ2n) is 2.65. The van der Waals surface area contributed by atoms with Gasteiger partial charge in [0.05, 0.1) is 0 Å². The van der Waals surface area contributed by atoms with E-state index in [-0.39, 0.29) is 6.61 Å². The largest absolute Gasteiger partial charge is 0.301 e. The van der Waals surface area contributed by atoms with Crippen molar-refractivity contribution >= 4 is 14.6 Å². The molecule has 0 saturated heterocycles. The molecule has 0 aliphatic carbocycles. The van der Waals surface area contributed by atoms with Crippen molar-refractivity contribution in [2.24, 2.45) is 0 Å². The van der Waals surface area contributed by atoms with Crippen molar-refractivity contribution in [1.82, 2.24) is 0 Å². The van der Waals surface area contributed by atoms with E-state index in [9.17, 15) is 4.79 Å². The Hall–Kier alpha value is -0.193. The maximum absolute atomic E-state index is 9.70. The lowest BCUT2D eigenvalue weighted by Gasteiger charge is -2.13. The molecule has 0 aliphatic rings. The molecule has 0 heterocycles. The van der Waals surface area contributed by atoms with Gasteiger partial charge in [0, 0.05) is 0 Å². The molecule has 0 unspecified atom stereocenters. The van der Waals surface area contributed by atoms with Crippen LogP contribution in [0.15, 0.2) is 0 Å². The highest BCUT2D eigenvalue weighted by Gasteiger charge is 2.15.